The fourth-order valence-electron chi connectivity index (χ4n) is 2.10. The number of carbonyl (C=O) groups is 2. The lowest BCUT2D eigenvalue weighted by atomic mass is 10.1. The Morgan fingerprint density at radius 2 is 2.10 bits per heavy atom. The minimum atomic E-state index is -0.918. The highest BCUT2D eigenvalue weighted by Gasteiger charge is 2.35. The summed E-state index contributed by atoms with van der Waals surface area (Å²) in [7, 11) is 0. The van der Waals surface area contributed by atoms with Crippen LogP contribution < -0.4 is 0 Å². The van der Waals surface area contributed by atoms with Crippen LogP contribution in [0.4, 0.5) is 4.39 Å². The fraction of sp³-hybridized carbons (Fsp3) is 0.467. The molecule has 20 heavy (non-hydrogen) atoms. The van der Waals surface area contributed by atoms with E-state index in [2.05, 4.69) is 0 Å². The first-order valence-electron chi connectivity index (χ1n) is 6.70. The van der Waals surface area contributed by atoms with Crippen molar-refractivity contribution >= 4 is 11.9 Å². The lowest BCUT2D eigenvalue weighted by molar-refractivity contribution is -0.141. The minimum Gasteiger partial charge on any atom is -0.481 e. The zero-order valence-corrected chi connectivity index (χ0v) is 11.6. The molecule has 4 nitrogen and oxygen atoms in total. The number of carboxylic acids is 1. The van der Waals surface area contributed by atoms with Crippen LogP contribution >= 0.6 is 0 Å². The van der Waals surface area contributed by atoms with E-state index in [-0.39, 0.29) is 24.3 Å². The minimum absolute atomic E-state index is 0.120. The summed E-state index contributed by atoms with van der Waals surface area (Å²) in [6, 6.07) is 4.35. The van der Waals surface area contributed by atoms with Crippen molar-refractivity contribution in [2.45, 2.75) is 32.7 Å². The number of amides is 1. The maximum absolute atomic E-state index is 13.2. The van der Waals surface area contributed by atoms with Crippen LogP contribution in [0.3, 0.4) is 0 Å². The molecule has 1 aliphatic carbocycles. The Labute approximate surface area is 117 Å². The molecule has 0 aliphatic heterocycles. The second kappa shape index (κ2) is 5.61. The number of rotatable bonds is 5. The van der Waals surface area contributed by atoms with E-state index >= 15 is 0 Å². The van der Waals surface area contributed by atoms with Crippen molar-refractivity contribution in [2.75, 3.05) is 6.54 Å². The number of nitrogens with zero attached hydrogens (tertiary/aromatic N) is 1. The molecule has 0 saturated heterocycles. The highest BCUT2D eigenvalue weighted by molar-refractivity contribution is 5.95. The SMILES string of the molecule is Cc1cc(C(=O)N(C[C@@H](C)C(=O)O)C2CC2)ccc1F. The van der Waals surface area contributed by atoms with Crippen molar-refractivity contribution in [3.8, 4) is 0 Å². The summed E-state index contributed by atoms with van der Waals surface area (Å²) in [5.41, 5.74) is 0.825. The summed E-state index contributed by atoms with van der Waals surface area (Å²) in [5.74, 6) is -2.10. The van der Waals surface area contributed by atoms with Gasteiger partial charge < -0.3 is 10.0 Å². The summed E-state index contributed by atoms with van der Waals surface area (Å²) in [5, 5.41) is 8.98. The lowest BCUT2D eigenvalue weighted by Gasteiger charge is -2.24. The normalized spacial score (nSPS) is 15.8. The van der Waals surface area contributed by atoms with E-state index in [1.54, 1.807) is 18.7 Å². The molecular weight excluding hydrogens is 261 g/mol. The number of hydrogen-bond donors (Lipinski definition) is 1. The molecule has 1 aliphatic rings. The molecule has 1 saturated carbocycles. The summed E-state index contributed by atoms with van der Waals surface area (Å²) < 4.78 is 13.2. The highest BCUT2D eigenvalue weighted by atomic mass is 19.1. The Kier molecular flexibility index (Phi) is 4.06. The van der Waals surface area contributed by atoms with Gasteiger partial charge in [-0.15, -0.1) is 0 Å². The average Bonchev–Trinajstić information content (AvgIpc) is 3.22. The second-order valence-corrected chi connectivity index (χ2v) is 5.39. The van der Waals surface area contributed by atoms with Crippen LogP contribution in [0.1, 0.15) is 35.7 Å². The van der Waals surface area contributed by atoms with Gasteiger partial charge in [0.2, 0.25) is 0 Å². The Balaban J connectivity index is 2.18. The molecule has 1 atom stereocenters. The zero-order chi connectivity index (χ0) is 14.9. The molecule has 2 rings (SSSR count). The number of carboxylic acid groups (broad SMARTS) is 1. The first-order valence-corrected chi connectivity index (χ1v) is 6.70. The van der Waals surface area contributed by atoms with E-state index in [9.17, 15) is 14.0 Å². The molecular formula is C15H18FNO3. The third-order valence-corrected chi connectivity index (χ3v) is 3.55. The molecule has 0 heterocycles. The van der Waals surface area contributed by atoms with Crippen LogP contribution in [0.5, 0.6) is 0 Å². The first kappa shape index (κ1) is 14.5. The van der Waals surface area contributed by atoms with Gasteiger partial charge in [0.1, 0.15) is 5.82 Å². The Hall–Kier alpha value is -1.91. The van der Waals surface area contributed by atoms with E-state index in [0.29, 0.717) is 11.1 Å². The molecule has 0 unspecified atom stereocenters. The van der Waals surface area contributed by atoms with Crippen molar-refractivity contribution in [2.24, 2.45) is 5.92 Å². The first-order chi connectivity index (χ1) is 9.40. The van der Waals surface area contributed by atoms with E-state index < -0.39 is 11.9 Å². The van der Waals surface area contributed by atoms with Gasteiger partial charge in [-0.1, -0.05) is 6.92 Å². The summed E-state index contributed by atoms with van der Waals surface area (Å²) >= 11 is 0. The largest absolute Gasteiger partial charge is 0.481 e. The Morgan fingerprint density at radius 1 is 1.45 bits per heavy atom. The molecule has 1 aromatic carbocycles. The number of benzene rings is 1. The van der Waals surface area contributed by atoms with Crippen molar-refractivity contribution < 1.29 is 19.1 Å². The highest BCUT2D eigenvalue weighted by Crippen LogP contribution is 2.29. The van der Waals surface area contributed by atoms with Gasteiger partial charge in [-0.25, -0.2) is 4.39 Å². The van der Waals surface area contributed by atoms with E-state index in [1.807, 2.05) is 0 Å². The third kappa shape index (κ3) is 3.15. The molecule has 0 radical (unpaired) electrons. The number of carbonyl (C=O) groups excluding carboxylic acids is 1. The maximum Gasteiger partial charge on any atom is 0.308 e. The van der Waals surface area contributed by atoms with Gasteiger partial charge in [-0.2, -0.15) is 0 Å². The van der Waals surface area contributed by atoms with Gasteiger partial charge in [0.05, 0.1) is 5.92 Å². The topological polar surface area (TPSA) is 57.6 Å². The molecule has 1 aromatic rings. The monoisotopic (exact) mass is 279 g/mol. The van der Waals surface area contributed by atoms with Crippen LogP contribution in [0, 0.1) is 18.7 Å². The lowest BCUT2D eigenvalue weighted by Crippen LogP contribution is -2.38. The van der Waals surface area contributed by atoms with Crippen molar-refractivity contribution in [3.05, 3.63) is 35.1 Å². The van der Waals surface area contributed by atoms with Gasteiger partial charge in [0.25, 0.3) is 5.91 Å². The summed E-state index contributed by atoms with van der Waals surface area (Å²) in [6.07, 6.45) is 1.80. The zero-order valence-electron chi connectivity index (χ0n) is 11.6. The molecule has 108 valence electrons. The molecule has 0 spiro atoms. The Bertz CT molecular complexity index is 540. The van der Waals surface area contributed by atoms with Gasteiger partial charge in [0.15, 0.2) is 0 Å². The summed E-state index contributed by atoms with van der Waals surface area (Å²) in [6.45, 7) is 3.38. The number of halogens is 1. The van der Waals surface area contributed by atoms with Gasteiger partial charge in [0, 0.05) is 18.2 Å². The predicted octanol–water partition coefficient (Wildman–Crippen LogP) is 2.46. The Morgan fingerprint density at radius 3 is 2.60 bits per heavy atom. The smallest absolute Gasteiger partial charge is 0.308 e. The van der Waals surface area contributed by atoms with Crippen LogP contribution in [0.2, 0.25) is 0 Å². The van der Waals surface area contributed by atoms with Crippen LogP contribution in [-0.2, 0) is 4.79 Å². The quantitative estimate of drug-likeness (QED) is 0.900. The van der Waals surface area contributed by atoms with E-state index in [1.165, 1.54) is 18.2 Å². The van der Waals surface area contributed by atoms with Crippen molar-refractivity contribution in [3.63, 3.8) is 0 Å². The van der Waals surface area contributed by atoms with Gasteiger partial charge in [-0.05, 0) is 43.5 Å². The van der Waals surface area contributed by atoms with Crippen LogP contribution in [0.15, 0.2) is 18.2 Å². The summed E-state index contributed by atoms with van der Waals surface area (Å²) in [4.78, 5) is 25.0. The maximum atomic E-state index is 13.2. The second-order valence-electron chi connectivity index (χ2n) is 5.39. The van der Waals surface area contributed by atoms with Crippen molar-refractivity contribution in [1.82, 2.24) is 4.90 Å². The molecule has 0 bridgehead atoms. The molecule has 1 fully saturated rings. The van der Waals surface area contributed by atoms with Gasteiger partial charge >= 0.3 is 5.97 Å². The average molecular weight is 279 g/mol. The van der Waals surface area contributed by atoms with Crippen LogP contribution in [-0.4, -0.2) is 34.5 Å². The molecule has 1 N–H and O–H groups in total. The number of hydrogen-bond acceptors (Lipinski definition) is 2. The number of aryl methyl sites for hydroxylation is 1. The van der Waals surface area contributed by atoms with Gasteiger partial charge in [-0.3, -0.25) is 9.59 Å². The standard InChI is InChI=1S/C15H18FNO3/c1-9-7-11(3-6-13(9)16)14(18)17(12-4-5-12)8-10(2)15(19)20/h3,6-7,10,12H,4-5,8H2,1-2H3,(H,19,20)/t10-/m1/s1. The predicted molar refractivity (Wildman–Crippen MR) is 72.0 cm³/mol. The van der Waals surface area contributed by atoms with Crippen molar-refractivity contribution in [1.29, 1.82) is 0 Å². The molecule has 5 heteroatoms. The number of aliphatic carboxylic acids is 1. The fourth-order valence-corrected chi connectivity index (χ4v) is 2.10. The third-order valence-electron chi connectivity index (χ3n) is 3.55. The molecule has 0 aromatic heterocycles. The van der Waals surface area contributed by atoms with E-state index in [0.717, 1.165) is 12.8 Å². The van der Waals surface area contributed by atoms with Crippen LogP contribution in [0.25, 0.3) is 0 Å². The molecule has 1 amide bonds. The van der Waals surface area contributed by atoms with E-state index in [4.69, 9.17) is 5.11 Å².